The van der Waals surface area contributed by atoms with E-state index in [1.54, 1.807) is 56.0 Å². The molecule has 1 aromatic heterocycles. The minimum atomic E-state index is -1.88. The Morgan fingerprint density at radius 1 is 1.11 bits per heavy atom. The molecule has 3 heterocycles. The van der Waals surface area contributed by atoms with Gasteiger partial charge < -0.3 is 34.6 Å². The molecule has 5 rings (SSSR count). The van der Waals surface area contributed by atoms with Crippen molar-refractivity contribution >= 4 is 59.0 Å². The molecule has 0 bridgehead atoms. The van der Waals surface area contributed by atoms with E-state index in [1.165, 1.54) is 4.90 Å². The first-order chi connectivity index (χ1) is 25.4. The number of amides is 4. The Balaban J connectivity index is 1.44. The molecule has 278 valence electrons. The Kier molecular flexibility index (Phi) is 11.9. The summed E-state index contributed by atoms with van der Waals surface area (Å²) >= 11 is 0. The number of para-hydroxylation sites is 1. The van der Waals surface area contributed by atoms with Crippen LogP contribution in [0.2, 0.25) is 0 Å². The number of carbonyl (C=O) groups is 6. The van der Waals surface area contributed by atoms with Gasteiger partial charge in [0, 0.05) is 41.7 Å². The van der Waals surface area contributed by atoms with Crippen LogP contribution < -0.4 is 10.6 Å². The average molecular weight is 726 g/mol. The monoisotopic (exact) mass is 725 g/mol. The van der Waals surface area contributed by atoms with Crippen molar-refractivity contribution in [2.45, 2.75) is 72.3 Å². The molecule has 3 aromatic rings. The predicted molar refractivity (Wildman–Crippen MR) is 195 cm³/mol. The normalized spacial score (nSPS) is 17.4. The molecular weight excluding hydrogens is 682 g/mol. The van der Waals surface area contributed by atoms with E-state index in [4.69, 9.17) is 19.2 Å². The average Bonchev–Trinajstić information content (AvgIpc) is 3.49. The standard InChI is InChI=1S/C39H43N5O9/c1-6-39(53-38(50)52-21-27-11-13-28(14-12-27)41-35(48)18-40-22-45)32(25(4)20-51-37(39)49)17-34-36-31(19-43(34)23-46)29(15-16-44(24(2)3)26(5)47)30-9-7-8-10-33(30)42-36/h7-14,17,22-24H,6,15-16,18-21H2,1-5H3,(H,40,45)(H,41,48)/b34-17-/t39-/m0/s1. The van der Waals surface area contributed by atoms with Crippen LogP contribution in [0, 0.1) is 0 Å². The van der Waals surface area contributed by atoms with Crippen LogP contribution >= 0.6 is 0 Å². The fourth-order valence-electron chi connectivity index (χ4n) is 6.68. The number of cyclic esters (lactones) is 1. The van der Waals surface area contributed by atoms with Gasteiger partial charge >= 0.3 is 12.1 Å². The molecule has 4 amide bonds. The van der Waals surface area contributed by atoms with E-state index >= 15 is 0 Å². The third-order valence-electron chi connectivity index (χ3n) is 9.37. The number of esters is 1. The molecule has 0 unspecified atom stereocenters. The third kappa shape index (κ3) is 8.21. The maximum atomic E-state index is 13.6. The summed E-state index contributed by atoms with van der Waals surface area (Å²) in [6.07, 6.45) is 2.22. The summed E-state index contributed by atoms with van der Waals surface area (Å²) < 4.78 is 16.7. The van der Waals surface area contributed by atoms with Crippen molar-refractivity contribution in [2.24, 2.45) is 0 Å². The molecule has 1 atom stereocenters. The molecule has 2 aromatic carbocycles. The highest BCUT2D eigenvalue weighted by molar-refractivity contribution is 5.94. The summed E-state index contributed by atoms with van der Waals surface area (Å²) in [7, 11) is 0. The first kappa shape index (κ1) is 38.2. The predicted octanol–water partition coefficient (Wildman–Crippen LogP) is 4.41. The molecular formula is C39H43N5O9. The zero-order valence-corrected chi connectivity index (χ0v) is 30.4. The molecule has 53 heavy (non-hydrogen) atoms. The lowest BCUT2D eigenvalue weighted by atomic mass is 9.84. The van der Waals surface area contributed by atoms with E-state index in [-0.39, 0.29) is 44.7 Å². The van der Waals surface area contributed by atoms with Gasteiger partial charge in [-0.2, -0.15) is 0 Å². The number of anilines is 1. The number of rotatable bonds is 14. The van der Waals surface area contributed by atoms with Crippen molar-refractivity contribution in [3.63, 3.8) is 0 Å². The summed E-state index contributed by atoms with van der Waals surface area (Å²) in [5.41, 5.74) is 3.63. The quantitative estimate of drug-likeness (QED) is 0.179. The second-order valence-electron chi connectivity index (χ2n) is 13.1. The number of aromatic nitrogens is 1. The minimum absolute atomic E-state index is 0.00342. The van der Waals surface area contributed by atoms with E-state index in [0.717, 1.165) is 16.5 Å². The maximum Gasteiger partial charge on any atom is 0.510 e. The van der Waals surface area contributed by atoms with Crippen LogP contribution in [0.25, 0.3) is 16.6 Å². The Labute approximate surface area is 307 Å². The van der Waals surface area contributed by atoms with Gasteiger partial charge in [0.2, 0.25) is 30.2 Å². The van der Waals surface area contributed by atoms with Gasteiger partial charge in [0.1, 0.15) is 13.2 Å². The number of nitrogens with one attached hydrogen (secondary N) is 2. The molecule has 14 nitrogen and oxygen atoms in total. The number of carbonyl (C=O) groups excluding carboxylic acids is 6. The Morgan fingerprint density at radius 2 is 1.85 bits per heavy atom. The van der Waals surface area contributed by atoms with Crippen molar-refractivity contribution in [3.05, 3.63) is 88.1 Å². The third-order valence-corrected chi connectivity index (χ3v) is 9.37. The summed E-state index contributed by atoms with van der Waals surface area (Å²) in [5, 5.41) is 5.82. The van der Waals surface area contributed by atoms with Crippen LogP contribution in [-0.2, 0) is 57.8 Å². The Hall–Kier alpha value is -6.05. The molecule has 0 aliphatic carbocycles. The van der Waals surface area contributed by atoms with E-state index in [0.29, 0.717) is 65.1 Å². The number of ether oxygens (including phenoxy) is 3. The first-order valence-corrected chi connectivity index (χ1v) is 17.3. The first-order valence-electron chi connectivity index (χ1n) is 17.3. The maximum absolute atomic E-state index is 13.6. The van der Waals surface area contributed by atoms with Crippen molar-refractivity contribution < 1.29 is 43.0 Å². The van der Waals surface area contributed by atoms with Crippen LogP contribution in [0.4, 0.5) is 10.5 Å². The van der Waals surface area contributed by atoms with Gasteiger partial charge in [-0.15, -0.1) is 0 Å². The number of benzene rings is 2. The van der Waals surface area contributed by atoms with E-state index in [9.17, 15) is 28.8 Å². The molecule has 0 saturated heterocycles. The van der Waals surface area contributed by atoms with Crippen molar-refractivity contribution in [1.82, 2.24) is 20.1 Å². The fourth-order valence-corrected chi connectivity index (χ4v) is 6.68. The lowest BCUT2D eigenvalue weighted by molar-refractivity contribution is -0.165. The van der Waals surface area contributed by atoms with Crippen molar-refractivity contribution in [3.8, 4) is 0 Å². The zero-order chi connectivity index (χ0) is 38.3. The van der Waals surface area contributed by atoms with Crippen molar-refractivity contribution in [1.29, 1.82) is 0 Å². The van der Waals surface area contributed by atoms with Gasteiger partial charge in [0.15, 0.2) is 0 Å². The summed E-state index contributed by atoms with van der Waals surface area (Å²) in [6.45, 7) is 9.19. The van der Waals surface area contributed by atoms with Gasteiger partial charge in [-0.05, 0) is 74.6 Å². The number of fused-ring (bicyclic) bond motifs is 2. The molecule has 0 spiro atoms. The van der Waals surface area contributed by atoms with E-state index < -0.39 is 23.6 Å². The van der Waals surface area contributed by atoms with Gasteiger partial charge in [0.25, 0.3) is 0 Å². The molecule has 0 radical (unpaired) electrons. The summed E-state index contributed by atoms with van der Waals surface area (Å²) in [5.74, 6) is -1.22. The SMILES string of the molecule is CC[C@@]1(OC(=O)OCc2ccc(NC(=O)CNC=O)cc2)C(=O)OCC(C)=C1/C=C1/c2nc3ccccc3c(CCN(C(C)=O)C(C)C)c2CN1C=O. The fraction of sp³-hybridized carbons (Fsp3) is 0.359. The molecule has 2 aliphatic rings. The van der Waals surface area contributed by atoms with E-state index in [1.807, 2.05) is 38.1 Å². The van der Waals surface area contributed by atoms with Crippen LogP contribution in [0.15, 0.2) is 65.8 Å². The second-order valence-corrected chi connectivity index (χ2v) is 13.1. The highest BCUT2D eigenvalue weighted by atomic mass is 16.7. The zero-order valence-electron chi connectivity index (χ0n) is 30.4. The minimum Gasteiger partial charge on any atom is -0.458 e. The molecule has 0 fully saturated rings. The Morgan fingerprint density at radius 3 is 2.51 bits per heavy atom. The molecule has 14 heteroatoms. The van der Waals surface area contributed by atoms with Gasteiger partial charge in [0.05, 0.1) is 30.0 Å². The van der Waals surface area contributed by atoms with E-state index in [2.05, 4.69) is 10.6 Å². The van der Waals surface area contributed by atoms with Crippen molar-refractivity contribution in [2.75, 3.05) is 25.0 Å². The smallest absolute Gasteiger partial charge is 0.458 e. The van der Waals surface area contributed by atoms with Crippen LogP contribution in [0.3, 0.4) is 0 Å². The highest BCUT2D eigenvalue weighted by Gasteiger charge is 2.50. The highest BCUT2D eigenvalue weighted by Crippen LogP contribution is 2.41. The van der Waals surface area contributed by atoms with Gasteiger partial charge in [-0.3, -0.25) is 19.2 Å². The molecule has 2 aliphatic heterocycles. The van der Waals surface area contributed by atoms with Crippen LogP contribution in [0.5, 0.6) is 0 Å². The summed E-state index contributed by atoms with van der Waals surface area (Å²) in [4.78, 5) is 82.4. The van der Waals surface area contributed by atoms with Gasteiger partial charge in [-0.25, -0.2) is 14.6 Å². The van der Waals surface area contributed by atoms with Gasteiger partial charge in [-0.1, -0.05) is 37.3 Å². The Bertz CT molecular complexity index is 1990. The molecule has 2 N–H and O–H groups in total. The largest absolute Gasteiger partial charge is 0.510 e. The number of nitrogens with zero attached hydrogens (tertiary/aromatic N) is 3. The topological polar surface area (TPSA) is 174 Å². The van der Waals surface area contributed by atoms with Crippen LogP contribution in [-0.4, -0.2) is 82.9 Å². The number of pyridine rings is 1. The lowest BCUT2D eigenvalue weighted by Gasteiger charge is -2.35. The van der Waals surface area contributed by atoms with Crippen LogP contribution in [0.1, 0.15) is 63.4 Å². The number of hydrogen-bond acceptors (Lipinski definition) is 10. The lowest BCUT2D eigenvalue weighted by Crippen LogP contribution is -2.49. The number of hydrogen-bond donors (Lipinski definition) is 2. The second kappa shape index (κ2) is 16.5. The molecule has 0 saturated carbocycles. The summed E-state index contributed by atoms with van der Waals surface area (Å²) in [6, 6.07) is 14.2.